The molecule has 1 aromatic rings. The van der Waals surface area contributed by atoms with E-state index in [2.05, 4.69) is 15.3 Å². The summed E-state index contributed by atoms with van der Waals surface area (Å²) in [7, 11) is 1.60. The normalized spacial score (nSPS) is 12.5. The Balaban J connectivity index is 2.88. The molecule has 1 atom stereocenters. The number of carboxylic acids is 1. The molecule has 0 bridgehead atoms. The Morgan fingerprint density at radius 1 is 1.47 bits per heavy atom. The van der Waals surface area contributed by atoms with E-state index in [1.807, 2.05) is 13.8 Å². The van der Waals surface area contributed by atoms with E-state index in [0.717, 1.165) is 0 Å². The van der Waals surface area contributed by atoms with Crippen molar-refractivity contribution < 1.29 is 14.6 Å². The molecular formula is C11H17N3O3. The molecule has 0 fully saturated rings. The second kappa shape index (κ2) is 6.15. The van der Waals surface area contributed by atoms with Gasteiger partial charge >= 0.3 is 5.97 Å². The van der Waals surface area contributed by atoms with Crippen molar-refractivity contribution in [3.63, 3.8) is 0 Å². The van der Waals surface area contributed by atoms with E-state index in [9.17, 15) is 4.79 Å². The monoisotopic (exact) mass is 239 g/mol. The number of nitrogens with one attached hydrogen (secondary N) is 1. The van der Waals surface area contributed by atoms with Crippen LogP contribution < -0.4 is 5.32 Å². The molecule has 94 valence electrons. The van der Waals surface area contributed by atoms with Crippen LogP contribution in [0.25, 0.3) is 0 Å². The lowest BCUT2D eigenvalue weighted by Gasteiger charge is -2.22. The number of hydrogen-bond acceptors (Lipinski definition) is 5. The zero-order valence-electron chi connectivity index (χ0n) is 10.2. The number of aromatic carboxylic acids is 1. The first-order valence-electron chi connectivity index (χ1n) is 5.36. The number of rotatable bonds is 6. The van der Waals surface area contributed by atoms with Crippen LogP contribution in [0.15, 0.2) is 12.4 Å². The summed E-state index contributed by atoms with van der Waals surface area (Å²) in [6, 6.07) is -0.00481. The summed E-state index contributed by atoms with van der Waals surface area (Å²) in [4.78, 5) is 18.7. The summed E-state index contributed by atoms with van der Waals surface area (Å²) >= 11 is 0. The minimum atomic E-state index is -1.10. The standard InChI is InChI=1S/C11H17N3O3/c1-7(2)8(6-17-3)14-10-9(11(15)16)12-4-5-13-10/h4-5,7-8H,6H2,1-3H3,(H,13,14)(H,15,16). The average molecular weight is 239 g/mol. The summed E-state index contributed by atoms with van der Waals surface area (Å²) < 4.78 is 5.08. The molecule has 6 heteroatoms. The lowest BCUT2D eigenvalue weighted by atomic mass is 10.1. The third-order valence-corrected chi connectivity index (χ3v) is 2.37. The maximum absolute atomic E-state index is 11.0. The van der Waals surface area contributed by atoms with Crippen LogP contribution in [0.5, 0.6) is 0 Å². The Kier molecular flexibility index (Phi) is 4.84. The molecule has 0 saturated carbocycles. The number of nitrogens with zero attached hydrogens (tertiary/aromatic N) is 2. The van der Waals surface area contributed by atoms with Crippen molar-refractivity contribution in [1.29, 1.82) is 0 Å². The molecule has 0 spiro atoms. The van der Waals surface area contributed by atoms with Crippen LogP contribution >= 0.6 is 0 Å². The molecule has 1 heterocycles. The van der Waals surface area contributed by atoms with E-state index in [1.165, 1.54) is 12.4 Å². The van der Waals surface area contributed by atoms with Crippen LogP contribution in [0.2, 0.25) is 0 Å². The van der Waals surface area contributed by atoms with Gasteiger partial charge in [-0.25, -0.2) is 14.8 Å². The zero-order valence-corrected chi connectivity index (χ0v) is 10.2. The zero-order chi connectivity index (χ0) is 12.8. The second-order valence-electron chi connectivity index (χ2n) is 4.01. The van der Waals surface area contributed by atoms with Crippen molar-refractivity contribution >= 4 is 11.8 Å². The molecule has 0 aliphatic carbocycles. The molecule has 0 aromatic carbocycles. The van der Waals surface area contributed by atoms with E-state index < -0.39 is 5.97 Å². The first-order chi connectivity index (χ1) is 8.06. The van der Waals surface area contributed by atoms with Crippen LogP contribution in [-0.4, -0.2) is 40.8 Å². The van der Waals surface area contributed by atoms with Crippen molar-refractivity contribution in [2.75, 3.05) is 19.0 Å². The first kappa shape index (κ1) is 13.4. The Labute approximate surface area is 100 Å². The molecule has 0 radical (unpaired) electrons. The molecule has 0 saturated heterocycles. The summed E-state index contributed by atoms with van der Waals surface area (Å²) in [5.74, 6) is -0.533. The number of carboxylic acid groups (broad SMARTS) is 1. The maximum Gasteiger partial charge on any atom is 0.358 e. The van der Waals surface area contributed by atoms with Crippen molar-refractivity contribution in [3.8, 4) is 0 Å². The van der Waals surface area contributed by atoms with Gasteiger partial charge in [-0.15, -0.1) is 0 Å². The Morgan fingerprint density at radius 3 is 2.65 bits per heavy atom. The Hall–Kier alpha value is -1.69. The van der Waals surface area contributed by atoms with Gasteiger partial charge in [0.2, 0.25) is 0 Å². The topological polar surface area (TPSA) is 84.3 Å². The largest absolute Gasteiger partial charge is 0.476 e. The highest BCUT2D eigenvalue weighted by molar-refractivity contribution is 5.90. The summed E-state index contributed by atoms with van der Waals surface area (Å²) in [6.07, 6.45) is 2.81. The minimum absolute atomic E-state index is 0.00481. The molecule has 0 aliphatic rings. The fourth-order valence-corrected chi connectivity index (χ4v) is 1.36. The molecule has 17 heavy (non-hydrogen) atoms. The van der Waals surface area contributed by atoms with E-state index in [1.54, 1.807) is 7.11 Å². The maximum atomic E-state index is 11.0. The number of hydrogen-bond donors (Lipinski definition) is 2. The van der Waals surface area contributed by atoms with Crippen molar-refractivity contribution in [3.05, 3.63) is 18.1 Å². The number of carbonyl (C=O) groups is 1. The van der Waals surface area contributed by atoms with Crippen molar-refractivity contribution in [1.82, 2.24) is 9.97 Å². The third-order valence-electron chi connectivity index (χ3n) is 2.37. The van der Waals surface area contributed by atoms with Gasteiger partial charge in [-0.3, -0.25) is 0 Å². The molecule has 2 N–H and O–H groups in total. The van der Waals surface area contributed by atoms with Gasteiger partial charge < -0.3 is 15.2 Å². The van der Waals surface area contributed by atoms with Gasteiger partial charge in [-0.2, -0.15) is 0 Å². The smallest absolute Gasteiger partial charge is 0.358 e. The molecule has 0 amide bonds. The lowest BCUT2D eigenvalue weighted by molar-refractivity contribution is 0.0691. The molecule has 0 aliphatic heterocycles. The molecule has 6 nitrogen and oxygen atoms in total. The van der Waals surface area contributed by atoms with Gasteiger partial charge in [-0.1, -0.05) is 13.8 Å². The second-order valence-corrected chi connectivity index (χ2v) is 4.01. The van der Waals surface area contributed by atoms with Crippen LogP contribution in [0, 0.1) is 5.92 Å². The lowest BCUT2D eigenvalue weighted by Crippen LogP contribution is -2.31. The number of aromatic nitrogens is 2. The van der Waals surface area contributed by atoms with Crippen LogP contribution in [0.1, 0.15) is 24.3 Å². The SMILES string of the molecule is COCC(Nc1nccnc1C(=O)O)C(C)C. The van der Waals surface area contributed by atoms with E-state index >= 15 is 0 Å². The molecular weight excluding hydrogens is 222 g/mol. The molecule has 1 unspecified atom stereocenters. The summed E-state index contributed by atoms with van der Waals surface area (Å²) in [5, 5.41) is 12.0. The average Bonchev–Trinajstić information content (AvgIpc) is 2.28. The van der Waals surface area contributed by atoms with Gasteiger partial charge in [0.05, 0.1) is 12.6 Å². The van der Waals surface area contributed by atoms with E-state index in [-0.39, 0.29) is 17.6 Å². The highest BCUT2D eigenvalue weighted by Crippen LogP contribution is 2.13. The quantitative estimate of drug-likeness (QED) is 0.777. The number of anilines is 1. The number of ether oxygens (including phenoxy) is 1. The van der Waals surface area contributed by atoms with Crippen molar-refractivity contribution in [2.45, 2.75) is 19.9 Å². The molecule has 1 aromatic heterocycles. The predicted molar refractivity (Wildman–Crippen MR) is 63.1 cm³/mol. The minimum Gasteiger partial charge on any atom is -0.476 e. The Bertz CT molecular complexity index is 382. The van der Waals surface area contributed by atoms with Crippen molar-refractivity contribution in [2.24, 2.45) is 5.92 Å². The third kappa shape index (κ3) is 3.67. The number of methoxy groups -OCH3 is 1. The summed E-state index contributed by atoms with van der Waals surface area (Å²) in [5.41, 5.74) is -0.0748. The molecule has 1 rings (SSSR count). The van der Waals surface area contributed by atoms with Crippen LogP contribution in [-0.2, 0) is 4.74 Å². The van der Waals surface area contributed by atoms with Gasteiger partial charge in [0.25, 0.3) is 0 Å². The van der Waals surface area contributed by atoms with Gasteiger partial charge in [0.15, 0.2) is 11.5 Å². The highest BCUT2D eigenvalue weighted by Gasteiger charge is 2.18. The highest BCUT2D eigenvalue weighted by atomic mass is 16.5. The van der Waals surface area contributed by atoms with Gasteiger partial charge in [-0.05, 0) is 5.92 Å². The first-order valence-corrected chi connectivity index (χ1v) is 5.36. The predicted octanol–water partition coefficient (Wildman–Crippen LogP) is 1.26. The van der Waals surface area contributed by atoms with E-state index in [4.69, 9.17) is 9.84 Å². The fourth-order valence-electron chi connectivity index (χ4n) is 1.36. The van der Waals surface area contributed by atoms with E-state index in [0.29, 0.717) is 12.5 Å². The Morgan fingerprint density at radius 2 is 2.12 bits per heavy atom. The van der Waals surface area contributed by atoms with Crippen LogP contribution in [0.3, 0.4) is 0 Å². The summed E-state index contributed by atoms with van der Waals surface area (Å²) in [6.45, 7) is 4.52. The van der Waals surface area contributed by atoms with Crippen LogP contribution in [0.4, 0.5) is 5.82 Å². The van der Waals surface area contributed by atoms with Gasteiger partial charge in [0.1, 0.15) is 0 Å². The van der Waals surface area contributed by atoms with Gasteiger partial charge in [0, 0.05) is 19.5 Å². The fraction of sp³-hybridized carbons (Fsp3) is 0.545.